The van der Waals surface area contributed by atoms with Crippen LogP contribution in [0.2, 0.25) is 0 Å². The number of carbonyl (C=O) groups is 1. The predicted octanol–water partition coefficient (Wildman–Crippen LogP) is 3.71. The van der Waals surface area contributed by atoms with Crippen molar-refractivity contribution in [3.8, 4) is 0 Å². The van der Waals surface area contributed by atoms with E-state index in [1.807, 2.05) is 0 Å². The first kappa shape index (κ1) is 12.0. The van der Waals surface area contributed by atoms with Crippen molar-refractivity contribution < 1.29 is 9.53 Å². The van der Waals surface area contributed by atoms with E-state index in [0.29, 0.717) is 17.8 Å². The molecule has 4 rings (SSSR count). The van der Waals surface area contributed by atoms with Gasteiger partial charge < -0.3 is 4.74 Å². The van der Waals surface area contributed by atoms with E-state index in [1.54, 1.807) is 0 Å². The predicted molar refractivity (Wildman–Crippen MR) is 73.4 cm³/mol. The molecule has 3 fully saturated rings. The van der Waals surface area contributed by atoms with Crippen molar-refractivity contribution in [2.24, 2.45) is 29.6 Å². The molecule has 0 aromatic rings. The van der Waals surface area contributed by atoms with Gasteiger partial charge in [0.15, 0.2) is 0 Å². The van der Waals surface area contributed by atoms with Crippen molar-refractivity contribution in [1.82, 2.24) is 0 Å². The van der Waals surface area contributed by atoms with Gasteiger partial charge in [0, 0.05) is 0 Å². The smallest absolute Gasteiger partial charge is 0.310 e. The number of hydrogen-bond donors (Lipinski definition) is 0. The van der Waals surface area contributed by atoms with Crippen molar-refractivity contribution in [1.29, 1.82) is 0 Å². The molecule has 3 saturated carbocycles. The van der Waals surface area contributed by atoms with E-state index < -0.39 is 0 Å². The monoisotopic (exact) mass is 260 g/mol. The lowest BCUT2D eigenvalue weighted by Crippen LogP contribution is -2.42. The molecule has 0 amide bonds. The van der Waals surface area contributed by atoms with Crippen LogP contribution in [0, 0.1) is 29.6 Å². The highest BCUT2D eigenvalue weighted by atomic mass is 16.6. The first-order chi connectivity index (χ1) is 9.20. The third kappa shape index (κ3) is 1.71. The first-order valence-electron chi connectivity index (χ1n) is 8.11. The SMILES string of the molecule is CCC1(OC(=O)C2CC3C=CC2C3)CC2CCC1C2. The molecule has 0 radical (unpaired) electrons. The third-order valence-electron chi connectivity index (χ3n) is 6.40. The molecule has 6 atom stereocenters. The number of allylic oxidation sites excluding steroid dienone is 2. The van der Waals surface area contributed by atoms with Crippen LogP contribution in [0.4, 0.5) is 0 Å². The van der Waals surface area contributed by atoms with Crippen molar-refractivity contribution in [2.45, 2.75) is 57.5 Å². The van der Waals surface area contributed by atoms with Crippen LogP contribution in [0.15, 0.2) is 12.2 Å². The van der Waals surface area contributed by atoms with E-state index in [9.17, 15) is 4.79 Å². The Morgan fingerprint density at radius 1 is 1.26 bits per heavy atom. The van der Waals surface area contributed by atoms with Crippen LogP contribution < -0.4 is 0 Å². The number of fused-ring (bicyclic) bond motifs is 4. The van der Waals surface area contributed by atoms with Gasteiger partial charge in [-0.05, 0) is 68.6 Å². The van der Waals surface area contributed by atoms with Crippen molar-refractivity contribution >= 4 is 5.97 Å². The minimum absolute atomic E-state index is 0.0917. The standard InChI is InChI=1S/C17H24O2/c1-2-17(10-12-4-6-14(17)8-12)19-16(18)15-9-11-3-5-13(15)7-11/h3,5,11-15H,2,4,6-10H2,1H3. The molecule has 0 aliphatic heterocycles. The summed E-state index contributed by atoms with van der Waals surface area (Å²) in [5.41, 5.74) is -0.0917. The summed E-state index contributed by atoms with van der Waals surface area (Å²) < 4.78 is 6.15. The Morgan fingerprint density at radius 3 is 2.68 bits per heavy atom. The molecule has 0 N–H and O–H groups in total. The molecule has 0 aromatic carbocycles. The first-order valence-corrected chi connectivity index (χ1v) is 8.11. The van der Waals surface area contributed by atoms with Crippen LogP contribution in [0.25, 0.3) is 0 Å². The van der Waals surface area contributed by atoms with Crippen molar-refractivity contribution in [3.05, 3.63) is 12.2 Å². The fourth-order valence-corrected chi connectivity index (χ4v) is 5.35. The van der Waals surface area contributed by atoms with E-state index in [0.717, 1.165) is 25.2 Å². The normalized spacial score (nSPS) is 50.1. The van der Waals surface area contributed by atoms with E-state index in [4.69, 9.17) is 4.74 Å². The number of rotatable bonds is 3. The fraction of sp³-hybridized carbons (Fsp3) is 0.824. The highest BCUT2D eigenvalue weighted by molar-refractivity contribution is 5.74. The second-order valence-electron chi connectivity index (χ2n) is 7.31. The number of carbonyl (C=O) groups excluding carboxylic acids is 1. The summed E-state index contributed by atoms with van der Waals surface area (Å²) in [6.45, 7) is 2.20. The number of hydrogen-bond acceptors (Lipinski definition) is 2. The Bertz CT molecular complexity index is 427. The lowest BCUT2D eigenvalue weighted by molar-refractivity contribution is -0.172. The quantitative estimate of drug-likeness (QED) is 0.571. The Balaban J connectivity index is 1.48. The average Bonchev–Trinajstić information content (AvgIpc) is 3.17. The van der Waals surface area contributed by atoms with Gasteiger partial charge >= 0.3 is 5.97 Å². The van der Waals surface area contributed by atoms with Gasteiger partial charge in [-0.15, -0.1) is 0 Å². The highest BCUT2D eigenvalue weighted by Gasteiger charge is 2.53. The molecule has 0 saturated heterocycles. The Kier molecular flexibility index (Phi) is 2.59. The summed E-state index contributed by atoms with van der Waals surface area (Å²) in [6, 6.07) is 0. The maximum Gasteiger partial charge on any atom is 0.310 e. The van der Waals surface area contributed by atoms with Gasteiger partial charge in [0.2, 0.25) is 0 Å². The molecule has 2 nitrogen and oxygen atoms in total. The molecule has 0 aromatic heterocycles. The zero-order valence-electron chi connectivity index (χ0n) is 11.8. The second-order valence-corrected chi connectivity index (χ2v) is 7.31. The molecule has 19 heavy (non-hydrogen) atoms. The molecule has 4 bridgehead atoms. The summed E-state index contributed by atoms with van der Waals surface area (Å²) in [4.78, 5) is 12.6. The summed E-state index contributed by atoms with van der Waals surface area (Å²) in [5, 5.41) is 0. The zero-order valence-corrected chi connectivity index (χ0v) is 11.8. The fourth-order valence-electron chi connectivity index (χ4n) is 5.35. The van der Waals surface area contributed by atoms with Gasteiger partial charge in [0.1, 0.15) is 5.60 Å². The maximum absolute atomic E-state index is 12.6. The third-order valence-corrected chi connectivity index (χ3v) is 6.40. The zero-order chi connectivity index (χ0) is 13.0. The van der Waals surface area contributed by atoms with E-state index in [1.165, 1.54) is 25.7 Å². The molecule has 4 aliphatic rings. The Hall–Kier alpha value is -0.790. The van der Waals surface area contributed by atoms with Crippen LogP contribution in [0.5, 0.6) is 0 Å². The number of ether oxygens (including phenoxy) is 1. The van der Waals surface area contributed by atoms with Crippen LogP contribution in [-0.2, 0) is 9.53 Å². The molecule has 0 spiro atoms. The van der Waals surface area contributed by atoms with E-state index in [-0.39, 0.29) is 17.5 Å². The molecular formula is C17H24O2. The molecule has 104 valence electrons. The van der Waals surface area contributed by atoms with Gasteiger partial charge in [-0.25, -0.2) is 0 Å². The van der Waals surface area contributed by atoms with Gasteiger partial charge in [0.05, 0.1) is 5.92 Å². The maximum atomic E-state index is 12.6. The highest BCUT2D eigenvalue weighted by Crippen LogP contribution is 2.55. The summed E-state index contributed by atoms with van der Waals surface area (Å²) in [5.74, 6) is 2.90. The Labute approximate surface area is 115 Å². The minimum atomic E-state index is -0.0917. The van der Waals surface area contributed by atoms with E-state index >= 15 is 0 Å². The summed E-state index contributed by atoms with van der Waals surface area (Å²) >= 11 is 0. The van der Waals surface area contributed by atoms with Gasteiger partial charge in [0.25, 0.3) is 0 Å². The minimum Gasteiger partial charge on any atom is -0.459 e. The van der Waals surface area contributed by atoms with Gasteiger partial charge in [-0.1, -0.05) is 19.1 Å². The van der Waals surface area contributed by atoms with Gasteiger partial charge in [-0.3, -0.25) is 4.79 Å². The second kappa shape index (κ2) is 4.10. The van der Waals surface area contributed by atoms with Gasteiger partial charge in [-0.2, -0.15) is 0 Å². The Morgan fingerprint density at radius 2 is 2.16 bits per heavy atom. The van der Waals surface area contributed by atoms with Crippen LogP contribution in [-0.4, -0.2) is 11.6 Å². The van der Waals surface area contributed by atoms with Crippen molar-refractivity contribution in [2.75, 3.05) is 0 Å². The van der Waals surface area contributed by atoms with Crippen LogP contribution >= 0.6 is 0 Å². The van der Waals surface area contributed by atoms with E-state index in [2.05, 4.69) is 19.1 Å². The summed E-state index contributed by atoms with van der Waals surface area (Å²) in [6.07, 6.45) is 12.9. The summed E-state index contributed by atoms with van der Waals surface area (Å²) in [7, 11) is 0. The molecule has 2 heteroatoms. The molecule has 6 unspecified atom stereocenters. The number of esters is 1. The molecule has 4 aliphatic carbocycles. The average molecular weight is 260 g/mol. The lowest BCUT2D eigenvalue weighted by atomic mass is 9.81. The van der Waals surface area contributed by atoms with Crippen molar-refractivity contribution in [3.63, 3.8) is 0 Å². The topological polar surface area (TPSA) is 26.3 Å². The molecule has 0 heterocycles. The lowest BCUT2D eigenvalue weighted by Gasteiger charge is -2.37. The van der Waals surface area contributed by atoms with Crippen LogP contribution in [0.1, 0.15) is 51.9 Å². The van der Waals surface area contributed by atoms with Crippen LogP contribution in [0.3, 0.4) is 0 Å². The molecular weight excluding hydrogens is 236 g/mol. The largest absolute Gasteiger partial charge is 0.459 e.